The number of rotatable bonds is 5. The highest BCUT2D eigenvalue weighted by atomic mass is 35.5. The topological polar surface area (TPSA) is 94.8 Å². The minimum atomic E-state index is -0.834. The number of benzene rings is 2. The van der Waals surface area contributed by atoms with Gasteiger partial charge in [0.25, 0.3) is 5.91 Å². The highest BCUT2D eigenvalue weighted by molar-refractivity contribution is 6.31. The lowest BCUT2D eigenvalue weighted by molar-refractivity contribution is 0.0969. The van der Waals surface area contributed by atoms with Gasteiger partial charge in [-0.15, -0.1) is 0 Å². The van der Waals surface area contributed by atoms with Crippen molar-refractivity contribution in [2.24, 2.45) is 0 Å². The number of halogens is 1. The second kappa shape index (κ2) is 8.22. The molecule has 1 unspecified atom stereocenters. The summed E-state index contributed by atoms with van der Waals surface area (Å²) < 4.78 is 17.0. The first-order chi connectivity index (χ1) is 16.0. The van der Waals surface area contributed by atoms with Crippen LogP contribution < -0.4 is 19.8 Å². The Hall–Kier alpha value is -3.91. The highest BCUT2D eigenvalue weighted by Crippen LogP contribution is 2.42. The van der Waals surface area contributed by atoms with Crippen LogP contribution in [0.4, 0.5) is 5.95 Å². The average Bonchev–Trinajstić information content (AvgIpc) is 3.13. The quantitative estimate of drug-likeness (QED) is 0.433. The van der Waals surface area contributed by atoms with E-state index in [4.69, 9.17) is 25.5 Å². The molecule has 1 aliphatic rings. The summed E-state index contributed by atoms with van der Waals surface area (Å²) in [7, 11) is 1.53. The van der Waals surface area contributed by atoms with E-state index in [1.165, 1.54) is 30.5 Å². The second-order valence-corrected chi connectivity index (χ2v) is 7.72. The first kappa shape index (κ1) is 21.0. The Morgan fingerprint density at radius 2 is 1.88 bits per heavy atom. The van der Waals surface area contributed by atoms with Crippen LogP contribution in [-0.4, -0.2) is 29.6 Å². The molecule has 0 N–H and O–H groups in total. The molecule has 4 aromatic rings. The minimum Gasteiger partial charge on any atom is -0.493 e. The molecule has 0 bridgehead atoms. The number of hydrogen-bond acceptors (Lipinski definition) is 7. The van der Waals surface area contributed by atoms with Crippen molar-refractivity contribution >= 4 is 34.4 Å². The summed E-state index contributed by atoms with van der Waals surface area (Å²) in [6.07, 6.45) is 3.06. The Kier molecular flexibility index (Phi) is 5.22. The fourth-order valence-electron chi connectivity index (χ4n) is 4.01. The average molecular weight is 464 g/mol. The first-order valence-electron chi connectivity index (χ1n) is 10.2. The molecule has 5 rings (SSSR count). The van der Waals surface area contributed by atoms with Crippen LogP contribution in [-0.2, 0) is 0 Å². The van der Waals surface area contributed by atoms with Gasteiger partial charge >= 0.3 is 0 Å². The van der Waals surface area contributed by atoms with Crippen molar-refractivity contribution in [3.8, 4) is 11.5 Å². The minimum absolute atomic E-state index is 0.0554. The Bertz CT molecular complexity index is 1440. The predicted octanol–water partition coefficient (Wildman–Crippen LogP) is 4.39. The monoisotopic (exact) mass is 463 g/mol. The van der Waals surface area contributed by atoms with Gasteiger partial charge in [-0.25, -0.2) is 9.97 Å². The largest absolute Gasteiger partial charge is 0.493 e. The Balaban J connectivity index is 1.79. The van der Waals surface area contributed by atoms with Crippen LogP contribution in [0.2, 0.25) is 5.02 Å². The molecule has 0 aliphatic carbocycles. The maximum Gasteiger partial charge on any atom is 0.297 e. The number of methoxy groups -OCH3 is 1. The van der Waals surface area contributed by atoms with Crippen LogP contribution >= 0.6 is 11.6 Å². The maximum absolute atomic E-state index is 13.6. The fourth-order valence-corrected chi connectivity index (χ4v) is 4.18. The summed E-state index contributed by atoms with van der Waals surface area (Å²) in [5.74, 6) is 0.599. The number of fused-ring (bicyclic) bond motifs is 2. The number of anilines is 1. The van der Waals surface area contributed by atoms with E-state index in [-0.39, 0.29) is 33.7 Å². The first-order valence-corrected chi connectivity index (χ1v) is 10.6. The third kappa shape index (κ3) is 3.39. The molecule has 0 fully saturated rings. The molecule has 1 atom stereocenters. The van der Waals surface area contributed by atoms with E-state index in [0.717, 1.165) is 0 Å². The standard InChI is InChI=1S/C24H18ClN3O5/c1-3-32-17-7-5-13(11-18(17)31-2)20-19-21(29)15-12-14(25)6-8-16(15)33-22(19)23(30)28(20)24-26-9-4-10-27-24/h4-12,20H,3H2,1-2H3. The van der Waals surface area contributed by atoms with Gasteiger partial charge in [-0.3, -0.25) is 14.5 Å². The number of carbonyl (C=O) groups excluding carboxylic acids is 1. The molecule has 0 radical (unpaired) electrons. The molecule has 0 saturated carbocycles. The molecule has 2 aromatic carbocycles. The van der Waals surface area contributed by atoms with Gasteiger partial charge in [0.2, 0.25) is 11.7 Å². The molecule has 2 aromatic heterocycles. The molecule has 9 heteroatoms. The molecular weight excluding hydrogens is 446 g/mol. The lowest BCUT2D eigenvalue weighted by Gasteiger charge is -2.23. The van der Waals surface area contributed by atoms with Crippen LogP contribution in [0.3, 0.4) is 0 Å². The van der Waals surface area contributed by atoms with Crippen LogP contribution in [0.1, 0.15) is 34.6 Å². The number of amides is 1. The number of carbonyl (C=O) groups is 1. The van der Waals surface area contributed by atoms with Crippen molar-refractivity contribution in [2.45, 2.75) is 13.0 Å². The second-order valence-electron chi connectivity index (χ2n) is 7.28. The highest BCUT2D eigenvalue weighted by Gasteiger charge is 2.45. The third-order valence-corrected chi connectivity index (χ3v) is 5.64. The predicted molar refractivity (Wildman–Crippen MR) is 122 cm³/mol. The van der Waals surface area contributed by atoms with Crippen LogP contribution in [0.5, 0.6) is 11.5 Å². The molecule has 0 saturated heterocycles. The van der Waals surface area contributed by atoms with Crippen molar-refractivity contribution in [1.82, 2.24) is 9.97 Å². The van der Waals surface area contributed by atoms with Crippen molar-refractivity contribution in [2.75, 3.05) is 18.6 Å². The number of aromatic nitrogens is 2. The van der Waals surface area contributed by atoms with Crippen LogP contribution in [0.25, 0.3) is 11.0 Å². The van der Waals surface area contributed by atoms with E-state index in [2.05, 4.69) is 9.97 Å². The Morgan fingerprint density at radius 3 is 2.61 bits per heavy atom. The van der Waals surface area contributed by atoms with Gasteiger partial charge in [0.1, 0.15) is 5.58 Å². The van der Waals surface area contributed by atoms with Gasteiger partial charge in [-0.1, -0.05) is 17.7 Å². The Labute approximate surface area is 193 Å². The van der Waals surface area contributed by atoms with Gasteiger partial charge in [0.05, 0.1) is 30.7 Å². The van der Waals surface area contributed by atoms with E-state index in [1.807, 2.05) is 6.92 Å². The fraction of sp³-hybridized carbons (Fsp3) is 0.167. The SMILES string of the molecule is CCOc1ccc(C2c3c(oc4ccc(Cl)cc4c3=O)C(=O)N2c2ncccn2)cc1OC. The molecule has 166 valence electrons. The summed E-state index contributed by atoms with van der Waals surface area (Å²) in [6.45, 7) is 2.33. The smallest absolute Gasteiger partial charge is 0.297 e. The van der Waals surface area contributed by atoms with Crippen molar-refractivity contribution < 1.29 is 18.7 Å². The molecule has 0 spiro atoms. The Morgan fingerprint density at radius 1 is 1.09 bits per heavy atom. The molecule has 1 aliphatic heterocycles. The molecule has 33 heavy (non-hydrogen) atoms. The van der Waals surface area contributed by atoms with E-state index >= 15 is 0 Å². The van der Waals surface area contributed by atoms with E-state index in [9.17, 15) is 9.59 Å². The van der Waals surface area contributed by atoms with E-state index < -0.39 is 11.9 Å². The number of hydrogen-bond donors (Lipinski definition) is 0. The van der Waals surface area contributed by atoms with Crippen molar-refractivity contribution in [3.05, 3.63) is 87.0 Å². The molecule has 3 heterocycles. The summed E-state index contributed by atoms with van der Waals surface area (Å²) in [6, 6.07) is 10.8. The van der Waals surface area contributed by atoms with Gasteiger partial charge in [-0.2, -0.15) is 0 Å². The van der Waals surface area contributed by atoms with Crippen molar-refractivity contribution in [3.63, 3.8) is 0 Å². The van der Waals surface area contributed by atoms with Gasteiger partial charge in [0.15, 0.2) is 16.9 Å². The number of nitrogens with zero attached hydrogens (tertiary/aromatic N) is 3. The van der Waals surface area contributed by atoms with E-state index in [0.29, 0.717) is 28.7 Å². The zero-order valence-corrected chi connectivity index (χ0v) is 18.5. The zero-order valence-electron chi connectivity index (χ0n) is 17.7. The lowest BCUT2D eigenvalue weighted by atomic mass is 9.98. The van der Waals surface area contributed by atoms with Crippen LogP contribution in [0.15, 0.2) is 64.1 Å². The zero-order chi connectivity index (χ0) is 23.1. The van der Waals surface area contributed by atoms with Gasteiger partial charge in [-0.05, 0) is 48.9 Å². The van der Waals surface area contributed by atoms with E-state index in [1.54, 1.807) is 36.4 Å². The summed E-state index contributed by atoms with van der Waals surface area (Å²) in [5, 5.41) is 0.675. The van der Waals surface area contributed by atoms with Gasteiger partial charge < -0.3 is 13.9 Å². The van der Waals surface area contributed by atoms with Crippen molar-refractivity contribution in [1.29, 1.82) is 0 Å². The molecular formula is C24H18ClN3O5. The molecule has 8 nitrogen and oxygen atoms in total. The normalized spacial score (nSPS) is 15.1. The third-order valence-electron chi connectivity index (χ3n) is 5.40. The lowest BCUT2D eigenvalue weighted by Crippen LogP contribution is -2.31. The van der Waals surface area contributed by atoms with Crippen LogP contribution in [0, 0.1) is 0 Å². The molecule has 1 amide bonds. The maximum atomic E-state index is 13.6. The van der Waals surface area contributed by atoms with Gasteiger partial charge in [0, 0.05) is 17.4 Å². The summed E-state index contributed by atoms with van der Waals surface area (Å²) in [4.78, 5) is 37.0. The number of ether oxygens (including phenoxy) is 2. The summed E-state index contributed by atoms with van der Waals surface area (Å²) >= 11 is 6.13. The summed E-state index contributed by atoms with van der Waals surface area (Å²) in [5.41, 5.74) is 0.728.